The second-order valence-electron chi connectivity index (χ2n) is 12.1. The third-order valence-electron chi connectivity index (χ3n) is 8.03. The molecular formula is C35H66ClN3O2. The highest BCUT2D eigenvalue weighted by Crippen LogP contribution is 2.17. The standard InChI is InChI=1S/C35H66ClN3O2/c1-3-5-7-9-11-13-15-17-19-21-23-25-27-29-31-40-34-37-33(36)38-35(39-34)41-32-30-28-26-24-22-20-18-16-14-12-10-8-6-4-2/h3-32H2,1-2H3. The van der Waals surface area contributed by atoms with Crippen molar-refractivity contribution in [2.75, 3.05) is 13.2 Å². The fourth-order valence-electron chi connectivity index (χ4n) is 5.36. The second-order valence-corrected chi connectivity index (χ2v) is 12.4. The Morgan fingerprint density at radius 1 is 0.366 bits per heavy atom. The molecule has 0 amide bonds. The third kappa shape index (κ3) is 26.3. The molecule has 0 aliphatic rings. The van der Waals surface area contributed by atoms with Crippen LogP contribution in [0, 0.1) is 0 Å². The van der Waals surface area contributed by atoms with Gasteiger partial charge in [0, 0.05) is 0 Å². The number of ether oxygens (including phenoxy) is 2. The van der Waals surface area contributed by atoms with E-state index in [9.17, 15) is 0 Å². The van der Waals surface area contributed by atoms with Crippen molar-refractivity contribution >= 4 is 11.6 Å². The summed E-state index contributed by atoms with van der Waals surface area (Å²) in [6.07, 6.45) is 37.6. The first-order valence-corrected chi connectivity index (χ1v) is 18.3. The number of rotatable bonds is 32. The van der Waals surface area contributed by atoms with Gasteiger partial charge in [0.05, 0.1) is 13.2 Å². The van der Waals surface area contributed by atoms with Gasteiger partial charge in [-0.3, -0.25) is 0 Å². The Morgan fingerprint density at radius 2 is 0.610 bits per heavy atom. The quantitative estimate of drug-likeness (QED) is 0.0775. The van der Waals surface area contributed by atoms with Crippen LogP contribution < -0.4 is 9.47 Å². The van der Waals surface area contributed by atoms with Crippen LogP contribution in [0.4, 0.5) is 0 Å². The zero-order valence-electron chi connectivity index (χ0n) is 27.2. The van der Waals surface area contributed by atoms with Gasteiger partial charge >= 0.3 is 12.0 Å². The Kier molecular flexibility index (Phi) is 28.1. The Balaban J connectivity index is 1.93. The molecule has 0 spiro atoms. The van der Waals surface area contributed by atoms with Gasteiger partial charge in [0.25, 0.3) is 0 Å². The predicted molar refractivity (Wildman–Crippen MR) is 176 cm³/mol. The zero-order chi connectivity index (χ0) is 29.5. The molecule has 0 aliphatic heterocycles. The van der Waals surface area contributed by atoms with Crippen molar-refractivity contribution in [1.82, 2.24) is 15.0 Å². The summed E-state index contributed by atoms with van der Waals surface area (Å²) >= 11 is 6.07. The molecule has 240 valence electrons. The molecule has 0 unspecified atom stereocenters. The van der Waals surface area contributed by atoms with Gasteiger partial charge in [-0.05, 0) is 24.4 Å². The van der Waals surface area contributed by atoms with Crippen LogP contribution in [0.2, 0.25) is 5.28 Å². The van der Waals surface area contributed by atoms with Crippen LogP contribution >= 0.6 is 11.6 Å². The molecule has 1 rings (SSSR count). The van der Waals surface area contributed by atoms with E-state index in [4.69, 9.17) is 21.1 Å². The first-order valence-electron chi connectivity index (χ1n) is 17.9. The zero-order valence-corrected chi connectivity index (χ0v) is 28.0. The highest BCUT2D eigenvalue weighted by Gasteiger charge is 2.07. The van der Waals surface area contributed by atoms with Gasteiger partial charge < -0.3 is 9.47 Å². The van der Waals surface area contributed by atoms with E-state index in [1.807, 2.05) is 0 Å². The van der Waals surface area contributed by atoms with E-state index < -0.39 is 0 Å². The molecule has 1 aromatic rings. The minimum Gasteiger partial charge on any atom is -0.463 e. The van der Waals surface area contributed by atoms with E-state index in [1.165, 1.54) is 167 Å². The van der Waals surface area contributed by atoms with E-state index in [2.05, 4.69) is 28.8 Å². The molecule has 0 aliphatic carbocycles. The maximum atomic E-state index is 6.07. The van der Waals surface area contributed by atoms with Gasteiger partial charge in [-0.1, -0.05) is 181 Å². The van der Waals surface area contributed by atoms with Crippen molar-refractivity contribution in [2.24, 2.45) is 0 Å². The fourth-order valence-corrected chi connectivity index (χ4v) is 5.51. The van der Waals surface area contributed by atoms with Crippen LogP contribution in [0.1, 0.15) is 194 Å². The van der Waals surface area contributed by atoms with Gasteiger partial charge in [-0.2, -0.15) is 9.97 Å². The normalized spacial score (nSPS) is 11.3. The molecule has 0 saturated carbocycles. The summed E-state index contributed by atoms with van der Waals surface area (Å²) in [6.45, 7) is 5.78. The van der Waals surface area contributed by atoms with E-state index in [0.29, 0.717) is 13.2 Å². The number of nitrogens with zero attached hydrogens (tertiary/aromatic N) is 3. The molecule has 0 saturated heterocycles. The highest BCUT2D eigenvalue weighted by molar-refractivity contribution is 6.28. The lowest BCUT2D eigenvalue weighted by Crippen LogP contribution is -2.06. The van der Waals surface area contributed by atoms with E-state index >= 15 is 0 Å². The molecule has 0 bridgehead atoms. The van der Waals surface area contributed by atoms with Gasteiger partial charge in [0.15, 0.2) is 0 Å². The average molecular weight is 596 g/mol. The number of hydrogen-bond acceptors (Lipinski definition) is 5. The maximum Gasteiger partial charge on any atom is 0.323 e. The van der Waals surface area contributed by atoms with Gasteiger partial charge in [-0.25, -0.2) is 0 Å². The van der Waals surface area contributed by atoms with Gasteiger partial charge in [0.1, 0.15) is 0 Å². The summed E-state index contributed by atoms with van der Waals surface area (Å²) in [5.74, 6) is 0. The molecule has 0 radical (unpaired) electrons. The summed E-state index contributed by atoms with van der Waals surface area (Å²) < 4.78 is 11.5. The van der Waals surface area contributed by atoms with E-state index in [0.717, 1.165) is 12.8 Å². The number of unbranched alkanes of at least 4 members (excludes halogenated alkanes) is 26. The van der Waals surface area contributed by atoms with Crippen molar-refractivity contribution in [1.29, 1.82) is 0 Å². The average Bonchev–Trinajstić information content (AvgIpc) is 2.97. The van der Waals surface area contributed by atoms with Crippen molar-refractivity contribution in [3.8, 4) is 12.0 Å². The predicted octanol–water partition coefficient (Wildman–Crippen LogP) is 12.2. The van der Waals surface area contributed by atoms with Crippen LogP contribution in [0.5, 0.6) is 12.0 Å². The molecule has 0 N–H and O–H groups in total. The number of hydrogen-bond donors (Lipinski definition) is 0. The SMILES string of the molecule is CCCCCCCCCCCCCCCCOc1nc(Cl)nc(OCCCCCCCCCCCCCCCC)n1. The lowest BCUT2D eigenvalue weighted by molar-refractivity contribution is 0.252. The lowest BCUT2D eigenvalue weighted by atomic mass is 10.0. The molecule has 0 atom stereocenters. The first-order chi connectivity index (χ1) is 20.3. The third-order valence-corrected chi connectivity index (χ3v) is 8.19. The van der Waals surface area contributed by atoms with E-state index in [1.54, 1.807) is 0 Å². The van der Waals surface area contributed by atoms with Crippen molar-refractivity contribution in [3.63, 3.8) is 0 Å². The fraction of sp³-hybridized carbons (Fsp3) is 0.914. The Bertz CT molecular complexity index is 625. The summed E-state index contributed by atoms with van der Waals surface area (Å²) in [5.41, 5.74) is 0. The molecular weight excluding hydrogens is 530 g/mol. The molecule has 5 nitrogen and oxygen atoms in total. The van der Waals surface area contributed by atoms with E-state index in [-0.39, 0.29) is 17.3 Å². The van der Waals surface area contributed by atoms with Crippen molar-refractivity contribution in [2.45, 2.75) is 194 Å². The van der Waals surface area contributed by atoms with Crippen LogP contribution in [0.25, 0.3) is 0 Å². The van der Waals surface area contributed by atoms with Crippen molar-refractivity contribution < 1.29 is 9.47 Å². The number of aromatic nitrogens is 3. The van der Waals surface area contributed by atoms with Crippen LogP contribution in [0.3, 0.4) is 0 Å². The Hall–Kier alpha value is -1.10. The van der Waals surface area contributed by atoms with Gasteiger partial charge in [0.2, 0.25) is 5.28 Å². The Morgan fingerprint density at radius 3 is 0.878 bits per heavy atom. The topological polar surface area (TPSA) is 57.1 Å². The summed E-state index contributed by atoms with van der Waals surface area (Å²) in [6, 6.07) is 0.548. The second kappa shape index (κ2) is 30.4. The molecule has 1 aromatic heterocycles. The molecule has 41 heavy (non-hydrogen) atoms. The lowest BCUT2D eigenvalue weighted by Gasteiger charge is -2.08. The van der Waals surface area contributed by atoms with Crippen LogP contribution in [-0.4, -0.2) is 28.2 Å². The minimum absolute atomic E-state index is 0.131. The minimum atomic E-state index is 0.131. The Labute approximate surface area is 259 Å². The molecule has 1 heterocycles. The molecule has 0 fully saturated rings. The summed E-state index contributed by atoms with van der Waals surface area (Å²) in [7, 11) is 0. The van der Waals surface area contributed by atoms with Crippen LogP contribution in [0.15, 0.2) is 0 Å². The smallest absolute Gasteiger partial charge is 0.323 e. The first kappa shape index (κ1) is 37.9. The molecule has 0 aromatic carbocycles. The molecule has 6 heteroatoms. The largest absolute Gasteiger partial charge is 0.463 e. The van der Waals surface area contributed by atoms with Crippen molar-refractivity contribution in [3.05, 3.63) is 5.28 Å². The van der Waals surface area contributed by atoms with Gasteiger partial charge in [-0.15, -0.1) is 4.98 Å². The maximum absolute atomic E-state index is 6.07. The van der Waals surface area contributed by atoms with Crippen LogP contribution in [-0.2, 0) is 0 Å². The number of halogens is 1. The summed E-state index contributed by atoms with van der Waals surface area (Å²) in [5, 5.41) is 0.131. The summed E-state index contributed by atoms with van der Waals surface area (Å²) in [4.78, 5) is 12.5. The monoisotopic (exact) mass is 595 g/mol. The highest BCUT2D eigenvalue weighted by atomic mass is 35.5.